The molecule has 1 aromatic rings. The lowest BCUT2D eigenvalue weighted by Crippen LogP contribution is -2.25. The first kappa shape index (κ1) is 13.1. The summed E-state index contributed by atoms with van der Waals surface area (Å²) in [6.07, 6.45) is 3.37. The van der Waals surface area contributed by atoms with Gasteiger partial charge in [0.25, 0.3) is 0 Å². The van der Waals surface area contributed by atoms with E-state index < -0.39 is 0 Å². The van der Waals surface area contributed by atoms with Gasteiger partial charge in [0.15, 0.2) is 0 Å². The Bertz CT molecular complexity index is 451. The van der Waals surface area contributed by atoms with Gasteiger partial charge in [0.1, 0.15) is 6.10 Å². The van der Waals surface area contributed by atoms with Crippen LogP contribution in [0.1, 0.15) is 61.5 Å². The molecule has 18 heavy (non-hydrogen) atoms. The monoisotopic (exact) mass is 246 g/mol. The van der Waals surface area contributed by atoms with E-state index in [1.54, 1.807) is 0 Å². The van der Waals surface area contributed by atoms with E-state index >= 15 is 0 Å². The smallest absolute Gasteiger partial charge is 0.338 e. The minimum absolute atomic E-state index is 0.112. The molecule has 0 atom stereocenters. The predicted molar refractivity (Wildman–Crippen MR) is 72.9 cm³/mol. The lowest BCUT2D eigenvalue weighted by Gasteiger charge is -2.26. The average Bonchev–Trinajstić information content (AvgIpc) is 2.21. The zero-order chi connectivity index (χ0) is 13.3. The molecule has 2 heteroatoms. The number of carbonyl (C=O) groups excluding carboxylic acids is 1. The van der Waals surface area contributed by atoms with Crippen molar-refractivity contribution in [2.24, 2.45) is 0 Å². The molecule has 1 fully saturated rings. The number of carbonyl (C=O) groups is 1. The van der Waals surface area contributed by atoms with Crippen molar-refractivity contribution in [2.45, 2.75) is 58.5 Å². The van der Waals surface area contributed by atoms with Gasteiger partial charge in [0.05, 0.1) is 5.56 Å². The lowest BCUT2D eigenvalue weighted by atomic mass is 9.83. The Morgan fingerprint density at radius 3 is 2.39 bits per heavy atom. The van der Waals surface area contributed by atoms with Crippen LogP contribution < -0.4 is 0 Å². The third kappa shape index (κ3) is 2.74. The van der Waals surface area contributed by atoms with Crippen molar-refractivity contribution in [3.63, 3.8) is 0 Å². The van der Waals surface area contributed by atoms with Crippen LogP contribution in [0.25, 0.3) is 0 Å². The van der Waals surface area contributed by atoms with Gasteiger partial charge in [-0.25, -0.2) is 4.79 Å². The third-order valence-electron chi connectivity index (χ3n) is 3.60. The first-order chi connectivity index (χ1) is 8.38. The van der Waals surface area contributed by atoms with E-state index in [0.717, 1.165) is 18.4 Å². The molecule has 0 radical (unpaired) electrons. The molecule has 98 valence electrons. The van der Waals surface area contributed by atoms with Gasteiger partial charge in [-0.15, -0.1) is 0 Å². The van der Waals surface area contributed by atoms with E-state index in [0.29, 0.717) is 5.56 Å². The highest BCUT2D eigenvalue weighted by Gasteiger charge is 2.23. The summed E-state index contributed by atoms with van der Waals surface area (Å²) in [7, 11) is 0. The molecule has 0 amide bonds. The lowest BCUT2D eigenvalue weighted by molar-refractivity contribution is 0.00899. The highest BCUT2D eigenvalue weighted by molar-refractivity contribution is 5.89. The Morgan fingerprint density at radius 2 is 1.94 bits per heavy atom. The Morgan fingerprint density at radius 1 is 1.28 bits per heavy atom. The second-order valence-electron chi connectivity index (χ2n) is 6.24. The minimum atomic E-state index is -0.178. The van der Waals surface area contributed by atoms with Gasteiger partial charge < -0.3 is 4.74 Å². The summed E-state index contributed by atoms with van der Waals surface area (Å²) in [5.41, 5.74) is 3.22. The third-order valence-corrected chi connectivity index (χ3v) is 3.60. The fraction of sp³-hybridized carbons (Fsp3) is 0.562. The van der Waals surface area contributed by atoms with Gasteiger partial charge in [0.2, 0.25) is 0 Å². The molecule has 0 unspecified atom stereocenters. The number of rotatable bonds is 2. The van der Waals surface area contributed by atoms with E-state index in [1.807, 2.05) is 18.2 Å². The Balaban J connectivity index is 2.15. The average molecular weight is 246 g/mol. The second-order valence-corrected chi connectivity index (χ2v) is 6.24. The standard InChI is InChI=1S/C16H22O2/c1-11-10-12(8-9-14(11)16(2,3)4)15(17)18-13-6-5-7-13/h8-10,13H,5-7H2,1-4H3. The largest absolute Gasteiger partial charge is 0.459 e. The normalized spacial score (nSPS) is 16.2. The first-order valence-corrected chi connectivity index (χ1v) is 6.70. The fourth-order valence-electron chi connectivity index (χ4n) is 2.34. The number of benzene rings is 1. The molecule has 0 N–H and O–H groups in total. The maximum atomic E-state index is 11.9. The molecule has 0 bridgehead atoms. The summed E-state index contributed by atoms with van der Waals surface area (Å²) < 4.78 is 5.41. The van der Waals surface area contributed by atoms with Gasteiger partial charge in [0, 0.05) is 0 Å². The topological polar surface area (TPSA) is 26.3 Å². The number of esters is 1. The van der Waals surface area contributed by atoms with E-state index in [2.05, 4.69) is 27.7 Å². The SMILES string of the molecule is Cc1cc(C(=O)OC2CCC2)ccc1C(C)(C)C. The number of hydrogen-bond acceptors (Lipinski definition) is 2. The van der Waals surface area contributed by atoms with Crippen LogP contribution in [0.4, 0.5) is 0 Å². The molecule has 0 spiro atoms. The van der Waals surface area contributed by atoms with Crippen LogP contribution in [0.5, 0.6) is 0 Å². The van der Waals surface area contributed by atoms with Gasteiger partial charge >= 0.3 is 5.97 Å². The summed E-state index contributed by atoms with van der Waals surface area (Å²) in [5, 5.41) is 0. The summed E-state index contributed by atoms with van der Waals surface area (Å²) in [5.74, 6) is -0.178. The highest BCUT2D eigenvalue weighted by Crippen LogP contribution is 2.27. The van der Waals surface area contributed by atoms with Gasteiger partial charge in [-0.3, -0.25) is 0 Å². The van der Waals surface area contributed by atoms with Gasteiger partial charge in [-0.1, -0.05) is 26.8 Å². The predicted octanol–water partition coefficient (Wildman–Crippen LogP) is 4.00. The maximum Gasteiger partial charge on any atom is 0.338 e. The Kier molecular flexibility index (Phi) is 3.47. The van der Waals surface area contributed by atoms with Crippen LogP contribution in [0.15, 0.2) is 18.2 Å². The summed E-state index contributed by atoms with van der Waals surface area (Å²) >= 11 is 0. The van der Waals surface area contributed by atoms with E-state index in [4.69, 9.17) is 4.74 Å². The van der Waals surface area contributed by atoms with Crippen LogP contribution in [0, 0.1) is 6.92 Å². The maximum absolute atomic E-state index is 11.9. The molecule has 0 aliphatic heterocycles. The Labute approximate surface area is 109 Å². The van der Waals surface area contributed by atoms with Gasteiger partial charge in [-0.2, -0.15) is 0 Å². The molecule has 2 rings (SSSR count). The van der Waals surface area contributed by atoms with Crippen molar-refractivity contribution in [1.29, 1.82) is 0 Å². The zero-order valence-electron chi connectivity index (χ0n) is 11.7. The summed E-state index contributed by atoms with van der Waals surface area (Å²) in [6, 6.07) is 5.88. The Hall–Kier alpha value is -1.31. The van der Waals surface area contributed by atoms with Crippen LogP contribution >= 0.6 is 0 Å². The quantitative estimate of drug-likeness (QED) is 0.737. The molecule has 1 aliphatic carbocycles. The van der Waals surface area contributed by atoms with Crippen LogP contribution in [-0.2, 0) is 10.2 Å². The van der Waals surface area contributed by atoms with E-state index in [1.165, 1.54) is 12.0 Å². The highest BCUT2D eigenvalue weighted by atomic mass is 16.5. The van der Waals surface area contributed by atoms with Crippen molar-refractivity contribution in [3.8, 4) is 0 Å². The van der Waals surface area contributed by atoms with Crippen LogP contribution in [0.3, 0.4) is 0 Å². The minimum Gasteiger partial charge on any atom is -0.459 e. The molecule has 1 saturated carbocycles. The molecule has 0 aromatic heterocycles. The number of ether oxygens (including phenoxy) is 1. The fourth-order valence-corrected chi connectivity index (χ4v) is 2.34. The zero-order valence-corrected chi connectivity index (χ0v) is 11.7. The van der Waals surface area contributed by atoms with E-state index in [-0.39, 0.29) is 17.5 Å². The molecule has 1 aromatic carbocycles. The molecule has 0 saturated heterocycles. The van der Waals surface area contributed by atoms with Crippen LogP contribution in [0.2, 0.25) is 0 Å². The summed E-state index contributed by atoms with van der Waals surface area (Å²) in [6.45, 7) is 8.60. The van der Waals surface area contributed by atoms with Crippen molar-refractivity contribution in [3.05, 3.63) is 34.9 Å². The van der Waals surface area contributed by atoms with Crippen molar-refractivity contribution in [2.75, 3.05) is 0 Å². The molecule has 1 aliphatic rings. The second kappa shape index (κ2) is 4.75. The molecular weight excluding hydrogens is 224 g/mol. The van der Waals surface area contributed by atoms with Crippen molar-refractivity contribution < 1.29 is 9.53 Å². The first-order valence-electron chi connectivity index (χ1n) is 6.70. The molecule has 0 heterocycles. The van der Waals surface area contributed by atoms with Gasteiger partial charge in [-0.05, 0) is 54.9 Å². The van der Waals surface area contributed by atoms with Crippen LogP contribution in [-0.4, -0.2) is 12.1 Å². The molecule has 2 nitrogen and oxygen atoms in total. The number of hydrogen-bond donors (Lipinski definition) is 0. The molecular formula is C16H22O2. The van der Waals surface area contributed by atoms with Crippen molar-refractivity contribution in [1.82, 2.24) is 0 Å². The van der Waals surface area contributed by atoms with E-state index in [9.17, 15) is 4.79 Å². The van der Waals surface area contributed by atoms with Crippen molar-refractivity contribution >= 4 is 5.97 Å². The number of aryl methyl sites for hydroxylation is 1. The summed E-state index contributed by atoms with van der Waals surface area (Å²) in [4.78, 5) is 11.9.